The smallest absolute Gasteiger partial charge is 0.145 e. The van der Waals surface area contributed by atoms with Gasteiger partial charge in [-0.1, -0.05) is 40.5 Å². The molecule has 1 atom stereocenters. The molecule has 0 saturated heterocycles. The lowest BCUT2D eigenvalue weighted by molar-refractivity contribution is 0.0859. The molecule has 1 aliphatic heterocycles. The van der Waals surface area contributed by atoms with Gasteiger partial charge in [0, 0.05) is 25.1 Å². The maximum absolute atomic E-state index is 5.98. The second kappa shape index (κ2) is 6.23. The molecule has 0 aromatic heterocycles. The van der Waals surface area contributed by atoms with Gasteiger partial charge in [-0.15, -0.1) is 6.58 Å². The Kier molecular flexibility index (Phi) is 4.64. The van der Waals surface area contributed by atoms with Crippen LogP contribution in [0.2, 0.25) is 10.0 Å². The highest BCUT2D eigenvalue weighted by atomic mass is 35.5. The van der Waals surface area contributed by atoms with Gasteiger partial charge in [-0.2, -0.15) is 0 Å². The lowest BCUT2D eigenvalue weighted by atomic mass is 10.1. The van der Waals surface area contributed by atoms with Crippen molar-refractivity contribution in [3.8, 4) is 0 Å². The van der Waals surface area contributed by atoms with Crippen LogP contribution in [-0.4, -0.2) is 24.9 Å². The van der Waals surface area contributed by atoms with Crippen molar-refractivity contribution in [3.05, 3.63) is 46.5 Å². The molecule has 0 saturated carbocycles. The predicted molar refractivity (Wildman–Crippen MR) is 75.6 cm³/mol. The maximum Gasteiger partial charge on any atom is 0.145 e. The maximum atomic E-state index is 5.98. The largest absolute Gasteiger partial charge is 0.390 e. The molecule has 18 heavy (non-hydrogen) atoms. The summed E-state index contributed by atoms with van der Waals surface area (Å²) < 4.78 is 0. The van der Waals surface area contributed by atoms with Crippen molar-refractivity contribution in [1.29, 1.82) is 0 Å². The van der Waals surface area contributed by atoms with Gasteiger partial charge in [0.2, 0.25) is 0 Å². The Labute approximate surface area is 116 Å². The first-order chi connectivity index (χ1) is 8.70. The molecule has 1 N–H and O–H groups in total. The van der Waals surface area contributed by atoms with E-state index in [0.29, 0.717) is 10.0 Å². The van der Waals surface area contributed by atoms with Gasteiger partial charge >= 0.3 is 0 Å². The normalized spacial score (nSPS) is 18.3. The lowest BCUT2D eigenvalue weighted by Crippen LogP contribution is -2.27. The fourth-order valence-corrected chi connectivity index (χ4v) is 2.03. The molecule has 5 heteroatoms. The van der Waals surface area contributed by atoms with Crippen LogP contribution in [0.5, 0.6) is 0 Å². The van der Waals surface area contributed by atoms with E-state index in [2.05, 4.69) is 17.1 Å². The highest BCUT2D eigenvalue weighted by Gasteiger charge is 2.21. The lowest BCUT2D eigenvalue weighted by Gasteiger charge is -2.07. The van der Waals surface area contributed by atoms with Crippen LogP contribution in [-0.2, 0) is 4.84 Å². The molecule has 96 valence electrons. The molecule has 0 spiro atoms. The fraction of sp³-hybridized carbons (Fsp3) is 0.308. The average molecular weight is 285 g/mol. The van der Waals surface area contributed by atoms with Gasteiger partial charge in [0.25, 0.3) is 0 Å². The van der Waals surface area contributed by atoms with Crippen LogP contribution in [0.3, 0.4) is 0 Å². The molecule has 0 aliphatic carbocycles. The summed E-state index contributed by atoms with van der Waals surface area (Å²) in [5.41, 5.74) is 1.86. The van der Waals surface area contributed by atoms with Crippen LogP contribution >= 0.6 is 23.2 Å². The SMILES string of the molecule is C=CCNC[C@H]1CC(c2ccc(Cl)c(Cl)c2)=NO1. The van der Waals surface area contributed by atoms with Crippen molar-refractivity contribution in [3.63, 3.8) is 0 Å². The number of rotatable bonds is 5. The topological polar surface area (TPSA) is 33.6 Å². The highest BCUT2D eigenvalue weighted by molar-refractivity contribution is 6.42. The molecule has 1 aromatic rings. The van der Waals surface area contributed by atoms with Crippen molar-refractivity contribution in [2.45, 2.75) is 12.5 Å². The molecule has 0 fully saturated rings. The van der Waals surface area contributed by atoms with Gasteiger partial charge in [-0.25, -0.2) is 0 Å². The first-order valence-electron chi connectivity index (χ1n) is 5.70. The van der Waals surface area contributed by atoms with E-state index in [-0.39, 0.29) is 6.10 Å². The Bertz CT molecular complexity index is 474. The Morgan fingerprint density at radius 1 is 1.44 bits per heavy atom. The minimum Gasteiger partial charge on any atom is -0.390 e. The summed E-state index contributed by atoms with van der Waals surface area (Å²) >= 11 is 11.9. The van der Waals surface area contributed by atoms with E-state index in [1.807, 2.05) is 18.2 Å². The first-order valence-corrected chi connectivity index (χ1v) is 6.46. The molecule has 0 unspecified atom stereocenters. The van der Waals surface area contributed by atoms with Crippen molar-refractivity contribution in [2.24, 2.45) is 5.16 Å². The summed E-state index contributed by atoms with van der Waals surface area (Å²) in [6.45, 7) is 5.16. The van der Waals surface area contributed by atoms with E-state index in [4.69, 9.17) is 28.0 Å². The molecular formula is C13H14Cl2N2O. The van der Waals surface area contributed by atoms with Gasteiger partial charge in [0.1, 0.15) is 6.10 Å². The molecule has 0 amide bonds. The number of halogens is 2. The third-order valence-corrected chi connectivity index (χ3v) is 3.39. The number of nitrogens with zero attached hydrogens (tertiary/aromatic N) is 1. The number of hydrogen-bond acceptors (Lipinski definition) is 3. The summed E-state index contributed by atoms with van der Waals surface area (Å²) in [6, 6.07) is 5.48. The summed E-state index contributed by atoms with van der Waals surface area (Å²) in [7, 11) is 0. The number of benzene rings is 1. The minimum atomic E-state index is 0.0643. The number of hydrogen-bond donors (Lipinski definition) is 1. The van der Waals surface area contributed by atoms with E-state index in [1.54, 1.807) is 6.07 Å². The van der Waals surface area contributed by atoms with Crippen molar-refractivity contribution < 1.29 is 4.84 Å². The monoisotopic (exact) mass is 284 g/mol. The molecule has 3 nitrogen and oxygen atoms in total. The van der Waals surface area contributed by atoms with Gasteiger partial charge in [0.05, 0.1) is 15.8 Å². The zero-order valence-electron chi connectivity index (χ0n) is 9.83. The molecule has 2 rings (SSSR count). The molecule has 0 radical (unpaired) electrons. The highest BCUT2D eigenvalue weighted by Crippen LogP contribution is 2.25. The third kappa shape index (κ3) is 3.25. The summed E-state index contributed by atoms with van der Waals surface area (Å²) in [5.74, 6) is 0. The molecule has 0 bridgehead atoms. The summed E-state index contributed by atoms with van der Waals surface area (Å²) in [6.07, 6.45) is 2.65. The summed E-state index contributed by atoms with van der Waals surface area (Å²) in [5, 5.41) is 8.37. The van der Waals surface area contributed by atoms with Gasteiger partial charge < -0.3 is 10.2 Å². The molecular weight excluding hydrogens is 271 g/mol. The van der Waals surface area contributed by atoms with Crippen molar-refractivity contribution >= 4 is 28.9 Å². The average Bonchev–Trinajstić information content (AvgIpc) is 2.82. The quantitative estimate of drug-likeness (QED) is 0.665. The van der Waals surface area contributed by atoms with Crippen molar-refractivity contribution in [1.82, 2.24) is 5.32 Å². The van der Waals surface area contributed by atoms with Crippen LogP contribution < -0.4 is 5.32 Å². The Balaban J connectivity index is 1.95. The Morgan fingerprint density at radius 3 is 3.00 bits per heavy atom. The first kappa shape index (κ1) is 13.4. The standard InChI is InChI=1S/C13H14Cl2N2O/c1-2-5-16-8-10-7-13(17-18-10)9-3-4-11(14)12(15)6-9/h2-4,6,10,16H,1,5,7-8H2/t10-/m1/s1. The fourth-order valence-electron chi connectivity index (χ4n) is 1.73. The molecule has 1 aliphatic rings. The number of nitrogens with one attached hydrogen (secondary N) is 1. The van der Waals surface area contributed by atoms with Gasteiger partial charge in [-0.3, -0.25) is 0 Å². The van der Waals surface area contributed by atoms with Crippen LogP contribution in [0.1, 0.15) is 12.0 Å². The zero-order valence-corrected chi connectivity index (χ0v) is 11.3. The number of oxime groups is 1. The Hall–Kier alpha value is -1.03. The van der Waals surface area contributed by atoms with Crippen LogP contribution in [0, 0.1) is 0 Å². The van der Waals surface area contributed by atoms with E-state index < -0.39 is 0 Å². The van der Waals surface area contributed by atoms with Gasteiger partial charge in [-0.05, 0) is 12.1 Å². The minimum absolute atomic E-state index is 0.0643. The van der Waals surface area contributed by atoms with Crippen LogP contribution in [0.4, 0.5) is 0 Å². The van der Waals surface area contributed by atoms with E-state index >= 15 is 0 Å². The van der Waals surface area contributed by atoms with Crippen LogP contribution in [0.15, 0.2) is 36.0 Å². The molecule has 1 heterocycles. The van der Waals surface area contributed by atoms with E-state index in [9.17, 15) is 0 Å². The Morgan fingerprint density at radius 2 is 2.28 bits per heavy atom. The molecule has 1 aromatic carbocycles. The van der Waals surface area contributed by atoms with E-state index in [0.717, 1.165) is 30.8 Å². The second-order valence-electron chi connectivity index (χ2n) is 4.05. The van der Waals surface area contributed by atoms with Crippen LogP contribution in [0.25, 0.3) is 0 Å². The summed E-state index contributed by atoms with van der Waals surface area (Å²) in [4.78, 5) is 5.35. The van der Waals surface area contributed by atoms with E-state index in [1.165, 1.54) is 0 Å². The third-order valence-electron chi connectivity index (χ3n) is 2.65. The van der Waals surface area contributed by atoms with Crippen molar-refractivity contribution in [2.75, 3.05) is 13.1 Å². The van der Waals surface area contributed by atoms with Gasteiger partial charge in [0.15, 0.2) is 0 Å². The predicted octanol–water partition coefficient (Wildman–Crippen LogP) is 3.26. The zero-order chi connectivity index (χ0) is 13.0. The second-order valence-corrected chi connectivity index (χ2v) is 4.86.